The summed E-state index contributed by atoms with van der Waals surface area (Å²) in [5, 5.41) is 0. The Kier molecular flexibility index (Phi) is 370. The minimum absolute atomic E-state index is 0. The molecule has 0 saturated heterocycles. The molecule has 24 valence electrons. The van der Waals surface area contributed by atoms with Crippen molar-refractivity contribution in [3.05, 3.63) is 0 Å². The van der Waals surface area contributed by atoms with E-state index in [9.17, 15) is 0 Å². The molecular weight excluding hydrogens is 218 g/mol. The second kappa shape index (κ2) is 26.7. The minimum atomic E-state index is 0. The van der Waals surface area contributed by atoms with E-state index < -0.39 is 0 Å². The van der Waals surface area contributed by atoms with E-state index in [1.807, 2.05) is 0 Å². The van der Waals surface area contributed by atoms with Gasteiger partial charge in [0.05, 0.1) is 0 Å². The Morgan fingerprint density at radius 2 is 0.750 bits per heavy atom. The van der Waals surface area contributed by atoms with Crippen LogP contribution in [0.2, 0.25) is 0 Å². The van der Waals surface area contributed by atoms with E-state index in [1.165, 1.54) is 0 Å². The Morgan fingerprint density at radius 3 is 0.750 bits per heavy atom. The van der Waals surface area contributed by atoms with Gasteiger partial charge in [0.2, 0.25) is 0 Å². The van der Waals surface area contributed by atoms with Crippen molar-refractivity contribution in [3.8, 4) is 0 Å². The predicted molar refractivity (Wildman–Crippen MR) is 14.9 cm³/mol. The fraction of sp³-hybridized carbons (Fsp3) is 0. The molecule has 0 aliphatic carbocycles. The Bertz CT molecular complexity index is 6.00. The largest absolute Gasteiger partial charge is 0 e. The number of halogens is 2. The summed E-state index contributed by atoms with van der Waals surface area (Å²) in [6.07, 6.45) is 0. The van der Waals surface area contributed by atoms with Crippen LogP contribution in [0.3, 0.4) is 0 Å². The van der Waals surface area contributed by atoms with Crippen LogP contribution in [0.4, 0.5) is 9.41 Å². The van der Waals surface area contributed by atoms with Crippen molar-refractivity contribution in [1.82, 2.24) is 0 Å². The van der Waals surface area contributed by atoms with Crippen LogP contribution in [0.1, 0.15) is 0 Å². The maximum Gasteiger partial charge on any atom is 0 e. The van der Waals surface area contributed by atoms with Gasteiger partial charge in [0.25, 0.3) is 0 Å². The Morgan fingerprint density at radius 1 is 0.750 bits per heavy atom. The second-order valence-electron chi connectivity index (χ2n) is 0. The topological polar surface area (TPSA) is 0 Å². The second-order valence-corrected chi connectivity index (χ2v) is 0. The van der Waals surface area contributed by atoms with Gasteiger partial charge in [-0.15, -0.1) is 0 Å². The third-order valence-electron chi connectivity index (χ3n) is 0. The van der Waals surface area contributed by atoms with Crippen LogP contribution in [0.15, 0.2) is 0 Å². The summed E-state index contributed by atoms with van der Waals surface area (Å²) >= 11 is 0. The molecule has 4 heavy (non-hydrogen) atoms. The van der Waals surface area contributed by atoms with Gasteiger partial charge in [-0.05, 0) is 0 Å². The molecule has 0 rings (SSSR count). The molecule has 0 bridgehead atoms. The molecule has 0 amide bonds. The smallest absolute Gasteiger partial charge is 0 e. The van der Waals surface area contributed by atoms with Gasteiger partial charge in [0.1, 0.15) is 0 Å². The van der Waals surface area contributed by atoms with Gasteiger partial charge in [-0.2, -0.15) is 0 Å². The molecule has 0 nitrogen and oxygen atoms in total. The van der Waals surface area contributed by atoms with E-state index >= 15 is 0 Å². The van der Waals surface area contributed by atoms with Gasteiger partial charge in [0.15, 0.2) is 0 Å². The zero-order chi connectivity index (χ0) is 0. The van der Waals surface area contributed by atoms with Crippen molar-refractivity contribution in [1.29, 1.82) is 0 Å². The molecular formula is H5F2InZn. The molecule has 0 aromatic heterocycles. The zero-order valence-electron chi connectivity index (χ0n) is 1.52. The van der Waals surface area contributed by atoms with Gasteiger partial charge in [-0.1, -0.05) is 0 Å². The third-order valence-corrected chi connectivity index (χ3v) is 0. The monoisotopic (exact) mass is 222 g/mol. The molecule has 0 atom stereocenters. The fourth-order valence-corrected chi connectivity index (χ4v) is 0. The van der Waals surface area contributed by atoms with Crippen molar-refractivity contribution in [2.75, 3.05) is 0 Å². The Hall–Kier alpha value is 1.35. The summed E-state index contributed by atoms with van der Waals surface area (Å²) in [6, 6.07) is 0. The molecule has 0 fully saturated rings. The van der Waals surface area contributed by atoms with Crippen LogP contribution < -0.4 is 0 Å². The van der Waals surface area contributed by atoms with Gasteiger partial charge in [0, 0.05) is 19.5 Å². The molecule has 0 aromatic rings. The molecule has 0 spiro atoms. The average Bonchev–Trinajstić information content (AvgIpc) is 0. The summed E-state index contributed by atoms with van der Waals surface area (Å²) in [5.41, 5.74) is 0. The summed E-state index contributed by atoms with van der Waals surface area (Å²) < 4.78 is 0. The molecule has 0 aliphatic heterocycles. The Balaban J connectivity index is 0. The van der Waals surface area contributed by atoms with Gasteiger partial charge < -0.3 is 0 Å². The van der Waals surface area contributed by atoms with Crippen molar-refractivity contribution in [2.45, 2.75) is 0 Å². The fourth-order valence-electron chi connectivity index (χ4n) is 0. The van der Waals surface area contributed by atoms with Crippen molar-refractivity contribution < 1.29 is 28.9 Å². The molecule has 0 heterocycles. The maximum atomic E-state index is 0. The average molecular weight is 223 g/mol. The quantitative estimate of drug-likeness (QED) is 0.468. The molecule has 0 N–H and O–H groups in total. The first-order valence-corrected chi connectivity index (χ1v) is 0. The minimum Gasteiger partial charge on any atom is 0 e. The summed E-state index contributed by atoms with van der Waals surface area (Å²) in [6.45, 7) is 0. The summed E-state index contributed by atoms with van der Waals surface area (Å²) in [5.74, 6) is 0. The van der Waals surface area contributed by atoms with Crippen molar-refractivity contribution in [3.63, 3.8) is 0 Å². The van der Waals surface area contributed by atoms with Gasteiger partial charge in [-0.25, -0.2) is 0 Å². The third kappa shape index (κ3) is 10.1. The first-order valence-electron chi connectivity index (χ1n) is 0. The Labute approximate surface area is 54.6 Å². The molecule has 0 unspecified atom stereocenters. The van der Waals surface area contributed by atoms with E-state index in [1.54, 1.807) is 0 Å². The molecule has 4 heteroatoms. The standard InChI is InChI=1S/2FH.In.Zn.3H/h2*1H;;;;;. The van der Waals surface area contributed by atoms with E-state index in [2.05, 4.69) is 0 Å². The first-order chi connectivity index (χ1) is 0. The predicted octanol–water partition coefficient (Wildman–Crippen LogP) is -0.881. The molecule has 0 aromatic carbocycles. The number of hydrogen-bond acceptors (Lipinski definition) is 0. The number of hydrogen-bond donors (Lipinski definition) is 0. The summed E-state index contributed by atoms with van der Waals surface area (Å²) in [7, 11) is 0. The van der Waals surface area contributed by atoms with Gasteiger partial charge in [-0.3, -0.25) is 9.41 Å². The molecule has 0 radical (unpaired) electrons. The van der Waals surface area contributed by atoms with E-state index in [0.717, 1.165) is 0 Å². The SMILES string of the molecule is F.F.[InH3].[Zn]. The van der Waals surface area contributed by atoms with E-state index in [-0.39, 0.29) is 54.7 Å². The summed E-state index contributed by atoms with van der Waals surface area (Å²) in [4.78, 5) is 0. The van der Waals surface area contributed by atoms with E-state index in [0.29, 0.717) is 0 Å². The van der Waals surface area contributed by atoms with Crippen LogP contribution in [0.25, 0.3) is 0 Å². The molecule has 0 aliphatic rings. The number of rotatable bonds is 0. The van der Waals surface area contributed by atoms with Gasteiger partial charge >= 0.3 is 25.8 Å². The van der Waals surface area contributed by atoms with Crippen LogP contribution in [0.5, 0.6) is 0 Å². The first kappa shape index (κ1) is 55.4. The van der Waals surface area contributed by atoms with Crippen molar-refractivity contribution in [2.24, 2.45) is 0 Å². The van der Waals surface area contributed by atoms with Crippen LogP contribution in [-0.2, 0) is 19.5 Å². The van der Waals surface area contributed by atoms with Crippen LogP contribution >= 0.6 is 0 Å². The van der Waals surface area contributed by atoms with Crippen LogP contribution in [-0.4, -0.2) is 25.8 Å². The normalized spacial score (nSPS) is 0. The van der Waals surface area contributed by atoms with Crippen LogP contribution in [0, 0.1) is 0 Å². The van der Waals surface area contributed by atoms with E-state index in [4.69, 9.17) is 0 Å². The van der Waals surface area contributed by atoms with Crippen molar-refractivity contribution >= 4 is 25.8 Å². The maximum absolute atomic E-state index is 0. The zero-order valence-corrected chi connectivity index (χ0v) is 4.49. The molecule has 0 saturated carbocycles.